The molecule has 4 aromatic rings. The van der Waals surface area contributed by atoms with E-state index in [0.717, 1.165) is 27.8 Å². The average molecular weight is 372 g/mol. The molecule has 0 fully saturated rings. The molecule has 0 saturated heterocycles. The number of carbonyl (C=O) groups is 1. The fourth-order valence-corrected chi connectivity index (χ4v) is 3.03. The van der Waals surface area contributed by atoms with Crippen LogP contribution in [0, 0.1) is 0 Å². The van der Waals surface area contributed by atoms with Crippen molar-refractivity contribution in [2.24, 2.45) is 0 Å². The maximum Gasteiger partial charge on any atom is 0.324 e. The molecule has 3 N–H and O–H groups in total. The zero-order valence-corrected chi connectivity index (χ0v) is 15.6. The van der Waals surface area contributed by atoms with Crippen molar-refractivity contribution in [2.75, 3.05) is 29.6 Å². The van der Waals surface area contributed by atoms with Gasteiger partial charge in [0.25, 0.3) is 0 Å². The van der Waals surface area contributed by atoms with Gasteiger partial charge in [0.15, 0.2) is 5.82 Å². The molecule has 4 rings (SSSR count). The van der Waals surface area contributed by atoms with Gasteiger partial charge in [-0.05, 0) is 35.2 Å². The van der Waals surface area contributed by atoms with E-state index >= 15 is 0 Å². The molecule has 2 aromatic carbocycles. The van der Waals surface area contributed by atoms with Crippen molar-refractivity contribution < 1.29 is 4.79 Å². The summed E-state index contributed by atoms with van der Waals surface area (Å²) in [5, 5.41) is 14.7. The van der Waals surface area contributed by atoms with Crippen LogP contribution >= 0.6 is 0 Å². The molecule has 2 heterocycles. The Morgan fingerprint density at radius 2 is 1.82 bits per heavy atom. The summed E-state index contributed by atoms with van der Waals surface area (Å²) < 4.78 is 0. The number of benzene rings is 2. The third-order valence-electron chi connectivity index (χ3n) is 4.33. The normalized spacial score (nSPS) is 10.6. The van der Waals surface area contributed by atoms with Crippen molar-refractivity contribution in [1.29, 1.82) is 0 Å². The molecule has 0 radical (unpaired) electrons. The van der Waals surface area contributed by atoms with Crippen molar-refractivity contribution in [3.05, 3.63) is 66.9 Å². The van der Waals surface area contributed by atoms with Crippen LogP contribution in [-0.4, -0.2) is 35.3 Å². The fourth-order valence-electron chi connectivity index (χ4n) is 3.03. The monoisotopic (exact) mass is 372 g/mol. The van der Waals surface area contributed by atoms with E-state index < -0.39 is 0 Å². The van der Waals surface area contributed by atoms with Gasteiger partial charge in [-0.2, -0.15) is 5.10 Å². The zero-order chi connectivity index (χ0) is 19.5. The van der Waals surface area contributed by atoms with Gasteiger partial charge in [-0.15, -0.1) is 0 Å². The third kappa shape index (κ3) is 3.64. The Kier molecular flexibility index (Phi) is 4.63. The van der Waals surface area contributed by atoms with Gasteiger partial charge in [0.1, 0.15) is 5.82 Å². The van der Waals surface area contributed by atoms with E-state index in [1.165, 1.54) is 0 Å². The van der Waals surface area contributed by atoms with E-state index in [1.807, 2.05) is 73.6 Å². The predicted molar refractivity (Wildman–Crippen MR) is 113 cm³/mol. The minimum Gasteiger partial charge on any atom is -0.362 e. The van der Waals surface area contributed by atoms with Gasteiger partial charge < -0.3 is 10.2 Å². The summed E-state index contributed by atoms with van der Waals surface area (Å²) >= 11 is 0. The first-order chi connectivity index (χ1) is 13.6. The Labute approximate surface area is 162 Å². The minimum atomic E-state index is -0.354. The molecule has 0 aliphatic carbocycles. The Morgan fingerprint density at radius 3 is 2.61 bits per heavy atom. The predicted octanol–water partition coefficient (Wildman–Crippen LogP) is 4.33. The molecule has 0 spiro atoms. The number of aromatic nitrogens is 3. The van der Waals surface area contributed by atoms with Gasteiger partial charge in [0.2, 0.25) is 0 Å². The average Bonchev–Trinajstić information content (AvgIpc) is 3.16. The van der Waals surface area contributed by atoms with Crippen LogP contribution < -0.4 is 15.5 Å². The van der Waals surface area contributed by atoms with Crippen LogP contribution in [0.2, 0.25) is 0 Å². The van der Waals surface area contributed by atoms with Gasteiger partial charge in [-0.1, -0.05) is 30.3 Å². The van der Waals surface area contributed by atoms with Crippen molar-refractivity contribution in [2.45, 2.75) is 0 Å². The highest BCUT2D eigenvalue weighted by Crippen LogP contribution is 2.26. The zero-order valence-electron chi connectivity index (χ0n) is 15.6. The molecule has 140 valence electrons. The number of aromatic amines is 1. The SMILES string of the molecule is CN(C)c1nccc2cc(NC(=O)Nc3cc(-c4ccccc4)[nH]n3)ccc12. The molecular weight excluding hydrogens is 352 g/mol. The quantitative estimate of drug-likeness (QED) is 0.497. The number of fused-ring (bicyclic) bond motifs is 1. The first-order valence-corrected chi connectivity index (χ1v) is 8.85. The van der Waals surface area contributed by atoms with Gasteiger partial charge in [-0.3, -0.25) is 10.4 Å². The van der Waals surface area contributed by atoms with E-state index in [1.54, 1.807) is 12.3 Å². The molecule has 7 heteroatoms. The lowest BCUT2D eigenvalue weighted by Crippen LogP contribution is -2.19. The summed E-state index contributed by atoms with van der Waals surface area (Å²) in [7, 11) is 3.91. The summed E-state index contributed by atoms with van der Waals surface area (Å²) in [5.74, 6) is 1.34. The van der Waals surface area contributed by atoms with Crippen LogP contribution in [0.4, 0.5) is 22.1 Å². The van der Waals surface area contributed by atoms with Gasteiger partial charge in [0.05, 0.1) is 5.69 Å². The van der Waals surface area contributed by atoms with Crippen LogP contribution in [0.15, 0.2) is 66.9 Å². The van der Waals surface area contributed by atoms with Crippen molar-refractivity contribution in [3.8, 4) is 11.3 Å². The molecule has 0 aliphatic heterocycles. The maximum atomic E-state index is 12.3. The summed E-state index contributed by atoms with van der Waals surface area (Å²) in [5.41, 5.74) is 2.54. The highest BCUT2D eigenvalue weighted by atomic mass is 16.2. The number of nitrogens with zero attached hydrogens (tertiary/aromatic N) is 3. The maximum absolute atomic E-state index is 12.3. The van der Waals surface area contributed by atoms with Crippen molar-refractivity contribution >= 4 is 34.1 Å². The third-order valence-corrected chi connectivity index (χ3v) is 4.33. The lowest BCUT2D eigenvalue weighted by molar-refractivity contribution is 0.262. The Hall–Kier alpha value is -3.87. The molecule has 2 amide bonds. The highest BCUT2D eigenvalue weighted by molar-refractivity contribution is 6.02. The number of carbonyl (C=O) groups excluding carboxylic acids is 1. The van der Waals surface area contributed by atoms with Gasteiger partial charge >= 0.3 is 6.03 Å². The smallest absolute Gasteiger partial charge is 0.324 e. The van der Waals surface area contributed by atoms with E-state index in [2.05, 4.69) is 25.8 Å². The number of pyridine rings is 1. The molecule has 0 saturated carbocycles. The molecule has 0 atom stereocenters. The van der Waals surface area contributed by atoms with Crippen LogP contribution in [-0.2, 0) is 0 Å². The second kappa shape index (κ2) is 7.40. The summed E-state index contributed by atoms with van der Waals surface area (Å²) in [4.78, 5) is 18.7. The number of amides is 2. The van der Waals surface area contributed by atoms with Crippen LogP contribution in [0.5, 0.6) is 0 Å². The van der Waals surface area contributed by atoms with Crippen LogP contribution in [0.3, 0.4) is 0 Å². The summed E-state index contributed by atoms with van der Waals surface area (Å²) in [6.45, 7) is 0. The lowest BCUT2D eigenvalue weighted by Gasteiger charge is -2.14. The van der Waals surface area contributed by atoms with Gasteiger partial charge in [0, 0.05) is 37.4 Å². The Morgan fingerprint density at radius 1 is 1.00 bits per heavy atom. The van der Waals surface area contributed by atoms with E-state index in [-0.39, 0.29) is 6.03 Å². The second-order valence-corrected chi connectivity index (χ2v) is 6.58. The first-order valence-electron chi connectivity index (χ1n) is 8.85. The fraction of sp³-hybridized carbons (Fsp3) is 0.0952. The Balaban J connectivity index is 1.48. The molecule has 2 aromatic heterocycles. The minimum absolute atomic E-state index is 0.354. The topological polar surface area (TPSA) is 85.9 Å². The Bertz CT molecular complexity index is 1120. The van der Waals surface area contributed by atoms with Crippen LogP contribution in [0.25, 0.3) is 22.0 Å². The molecule has 0 bridgehead atoms. The van der Waals surface area contributed by atoms with E-state index in [0.29, 0.717) is 11.5 Å². The number of nitrogens with one attached hydrogen (secondary N) is 3. The first kappa shape index (κ1) is 17.5. The van der Waals surface area contributed by atoms with E-state index in [9.17, 15) is 4.79 Å². The number of hydrogen-bond donors (Lipinski definition) is 3. The molecule has 7 nitrogen and oxygen atoms in total. The summed E-state index contributed by atoms with van der Waals surface area (Å²) in [6, 6.07) is 18.9. The lowest BCUT2D eigenvalue weighted by atomic mass is 10.1. The summed E-state index contributed by atoms with van der Waals surface area (Å²) in [6.07, 6.45) is 1.76. The standard InChI is InChI=1S/C21H20N6O/c1-27(2)20-17-9-8-16(12-15(17)10-11-22-20)23-21(28)24-19-13-18(25-26-19)14-6-4-3-5-7-14/h3-13H,1-2H3,(H3,23,24,25,26,28). The second-order valence-electron chi connectivity index (χ2n) is 6.58. The largest absolute Gasteiger partial charge is 0.362 e. The number of urea groups is 1. The van der Waals surface area contributed by atoms with Crippen molar-refractivity contribution in [3.63, 3.8) is 0 Å². The molecule has 0 unspecified atom stereocenters. The highest BCUT2D eigenvalue weighted by Gasteiger charge is 2.09. The van der Waals surface area contributed by atoms with Crippen LogP contribution in [0.1, 0.15) is 0 Å². The number of anilines is 3. The van der Waals surface area contributed by atoms with Crippen molar-refractivity contribution in [1.82, 2.24) is 15.2 Å². The number of hydrogen-bond acceptors (Lipinski definition) is 4. The molecular formula is C21H20N6O. The number of rotatable bonds is 4. The molecule has 0 aliphatic rings. The number of H-pyrrole nitrogens is 1. The molecule has 28 heavy (non-hydrogen) atoms. The van der Waals surface area contributed by atoms with E-state index in [4.69, 9.17) is 0 Å². The van der Waals surface area contributed by atoms with Gasteiger partial charge in [-0.25, -0.2) is 9.78 Å².